The quantitative estimate of drug-likeness (QED) is 0.307. The van der Waals surface area contributed by atoms with E-state index in [9.17, 15) is 41.0 Å². The second-order valence-corrected chi connectivity index (χ2v) is 9.50. The van der Waals surface area contributed by atoms with Crippen LogP contribution in [0.3, 0.4) is 0 Å². The molecule has 3 aromatic rings. The van der Waals surface area contributed by atoms with Crippen molar-refractivity contribution < 1.29 is 36.2 Å². The van der Waals surface area contributed by atoms with Crippen LogP contribution in [0.4, 0.5) is 32.3 Å². The summed E-state index contributed by atoms with van der Waals surface area (Å²) < 4.78 is 80.2. The summed E-state index contributed by atoms with van der Waals surface area (Å²) >= 11 is 5.87. The molecule has 0 saturated carbocycles. The van der Waals surface area contributed by atoms with E-state index >= 15 is 0 Å². The zero-order valence-corrected chi connectivity index (χ0v) is 21.3. The van der Waals surface area contributed by atoms with Crippen LogP contribution in [-0.4, -0.2) is 71.2 Å². The van der Waals surface area contributed by atoms with Crippen LogP contribution in [0.1, 0.15) is 25.1 Å². The lowest BCUT2D eigenvalue weighted by atomic mass is 10.2. The molecular weight excluding hydrogens is 574 g/mol. The van der Waals surface area contributed by atoms with Gasteiger partial charge in [-0.25, -0.2) is 14.2 Å². The number of hydrogen-bond donors (Lipinski definition) is 3. The van der Waals surface area contributed by atoms with E-state index in [-0.39, 0.29) is 41.7 Å². The molecule has 1 fully saturated rings. The molecular formula is C22H23ClF6N8O3. The highest BCUT2D eigenvalue weighted by molar-refractivity contribution is 6.30. The van der Waals surface area contributed by atoms with E-state index in [2.05, 4.69) is 25.8 Å². The maximum atomic E-state index is 13.1. The third-order valence-electron chi connectivity index (χ3n) is 5.96. The number of rotatable bonds is 10. The molecule has 1 aliphatic rings. The monoisotopic (exact) mass is 596 g/mol. The lowest BCUT2D eigenvalue weighted by molar-refractivity contribution is -0.207. The number of alkyl halides is 6. The first-order valence-electron chi connectivity index (χ1n) is 11.9. The molecule has 0 spiro atoms. The average molecular weight is 597 g/mol. The van der Waals surface area contributed by atoms with Gasteiger partial charge in [-0.2, -0.15) is 36.4 Å². The Kier molecular flexibility index (Phi) is 8.44. The molecule has 18 heteroatoms. The van der Waals surface area contributed by atoms with Gasteiger partial charge in [-0.05, 0) is 30.7 Å². The number of hydrogen-bond acceptors (Lipinski definition) is 7. The molecule has 2 aromatic heterocycles. The number of benzene rings is 1. The average Bonchev–Trinajstić information content (AvgIpc) is 3.54. The van der Waals surface area contributed by atoms with Gasteiger partial charge in [0.05, 0.1) is 19.5 Å². The number of aromatic nitrogens is 6. The third-order valence-corrected chi connectivity index (χ3v) is 6.22. The molecule has 0 unspecified atom stereocenters. The van der Waals surface area contributed by atoms with E-state index in [1.165, 1.54) is 24.3 Å². The number of carbonyl (C=O) groups excluding carboxylic acids is 1. The van der Waals surface area contributed by atoms with Crippen molar-refractivity contribution >= 4 is 23.5 Å². The molecule has 11 nitrogen and oxygen atoms in total. The predicted molar refractivity (Wildman–Crippen MR) is 128 cm³/mol. The Morgan fingerprint density at radius 3 is 2.40 bits per heavy atom. The first-order chi connectivity index (χ1) is 18.7. The summed E-state index contributed by atoms with van der Waals surface area (Å²) in [6.07, 6.45) is -12.8. The van der Waals surface area contributed by atoms with Crippen LogP contribution in [0.5, 0.6) is 0 Å². The van der Waals surface area contributed by atoms with Crippen molar-refractivity contribution in [2.24, 2.45) is 0 Å². The molecule has 3 heterocycles. The van der Waals surface area contributed by atoms with Crippen molar-refractivity contribution in [1.29, 1.82) is 0 Å². The van der Waals surface area contributed by atoms with Crippen LogP contribution < -0.4 is 16.3 Å². The van der Waals surface area contributed by atoms with E-state index in [0.29, 0.717) is 22.4 Å². The van der Waals surface area contributed by atoms with Crippen LogP contribution in [-0.2, 0) is 24.4 Å². The highest BCUT2D eigenvalue weighted by Gasteiger charge is 2.39. The maximum Gasteiger partial charge on any atom is 0.416 e. The van der Waals surface area contributed by atoms with Gasteiger partial charge in [0.2, 0.25) is 11.9 Å². The molecule has 0 aliphatic carbocycles. The summed E-state index contributed by atoms with van der Waals surface area (Å²) in [6, 6.07) is 5.42. The van der Waals surface area contributed by atoms with E-state index in [0.717, 1.165) is 9.36 Å². The lowest BCUT2D eigenvalue weighted by Crippen LogP contribution is -2.37. The van der Waals surface area contributed by atoms with Crippen LogP contribution >= 0.6 is 11.6 Å². The summed E-state index contributed by atoms with van der Waals surface area (Å²) in [7, 11) is 0. The van der Waals surface area contributed by atoms with E-state index < -0.39 is 50.2 Å². The Hall–Kier alpha value is -3.60. The predicted octanol–water partition coefficient (Wildman–Crippen LogP) is 2.57. The van der Waals surface area contributed by atoms with Gasteiger partial charge in [0.1, 0.15) is 6.54 Å². The fourth-order valence-corrected chi connectivity index (χ4v) is 4.08. The first-order valence-corrected chi connectivity index (χ1v) is 12.3. The lowest BCUT2D eigenvalue weighted by Gasteiger charge is -2.15. The van der Waals surface area contributed by atoms with Crippen LogP contribution in [0.15, 0.2) is 29.1 Å². The highest BCUT2D eigenvalue weighted by Crippen LogP contribution is 2.25. The first kappa shape index (κ1) is 29.4. The van der Waals surface area contributed by atoms with Gasteiger partial charge >= 0.3 is 18.0 Å². The van der Waals surface area contributed by atoms with Gasteiger partial charge < -0.3 is 15.7 Å². The van der Waals surface area contributed by atoms with Crippen LogP contribution in [0.25, 0.3) is 11.4 Å². The number of aliphatic hydroxyl groups excluding tert-OH is 1. The van der Waals surface area contributed by atoms with E-state index in [1.54, 1.807) is 0 Å². The number of halogens is 7. The molecule has 0 bridgehead atoms. The Morgan fingerprint density at radius 2 is 1.80 bits per heavy atom. The van der Waals surface area contributed by atoms with Crippen molar-refractivity contribution in [3.63, 3.8) is 0 Å². The Balaban J connectivity index is 1.64. The van der Waals surface area contributed by atoms with Crippen LogP contribution in [0.2, 0.25) is 5.02 Å². The SMILES string of the molecule is O=C1CC[C@@H](CNc2nc(Cn3nc(-c4ccc(Cl)cc4)n(C[C@H](O)C(F)(F)F)c3=O)nn2CCC(F)(F)F)N1. The zero-order valence-electron chi connectivity index (χ0n) is 20.5. The normalized spacial score (nSPS) is 16.8. The second kappa shape index (κ2) is 11.5. The zero-order chi connectivity index (χ0) is 29.2. The Morgan fingerprint density at radius 1 is 1.10 bits per heavy atom. The number of aliphatic hydroxyl groups is 1. The molecule has 2 atom stereocenters. The molecule has 4 rings (SSSR count). The molecule has 218 valence electrons. The van der Waals surface area contributed by atoms with Gasteiger partial charge in [-0.3, -0.25) is 9.36 Å². The van der Waals surface area contributed by atoms with Crippen molar-refractivity contribution in [1.82, 2.24) is 34.4 Å². The summed E-state index contributed by atoms with van der Waals surface area (Å²) in [5.74, 6) is -0.575. The molecule has 0 radical (unpaired) electrons. The van der Waals surface area contributed by atoms with Gasteiger partial charge in [-0.1, -0.05) is 11.6 Å². The largest absolute Gasteiger partial charge is 0.416 e. The number of nitrogens with one attached hydrogen (secondary N) is 2. The molecule has 40 heavy (non-hydrogen) atoms. The third kappa shape index (κ3) is 7.32. The number of anilines is 1. The van der Waals surface area contributed by atoms with Crippen molar-refractivity contribution in [2.75, 3.05) is 11.9 Å². The minimum Gasteiger partial charge on any atom is -0.382 e. The van der Waals surface area contributed by atoms with Crippen LogP contribution in [0, 0.1) is 0 Å². The van der Waals surface area contributed by atoms with Crippen molar-refractivity contribution in [3.05, 3.63) is 45.6 Å². The summed E-state index contributed by atoms with van der Waals surface area (Å²) in [6.45, 7) is -2.11. The van der Waals surface area contributed by atoms with Crippen molar-refractivity contribution in [3.8, 4) is 11.4 Å². The standard InChI is InChI=1S/C22H23ClF6N8O3/c23-13-3-1-12(2-4-13)18-34-37(20(40)35(18)10-15(38)22(27,28)29)11-16-32-19(30-9-14-5-6-17(39)31-14)36(33-16)8-7-21(24,25)26/h1-4,14-15,38H,5-11H2,(H,31,39)(H,30,32,33)/t14-,15-/m0/s1. The Labute approximate surface area is 226 Å². The number of aryl methyl sites for hydroxylation is 1. The Bertz CT molecular complexity index is 1400. The molecule has 1 saturated heterocycles. The number of amides is 1. The second-order valence-electron chi connectivity index (χ2n) is 9.06. The number of carbonyl (C=O) groups is 1. The summed E-state index contributed by atoms with van der Waals surface area (Å²) in [5.41, 5.74) is -0.817. The minimum atomic E-state index is -5.02. The molecule has 3 N–H and O–H groups in total. The number of nitrogens with zero attached hydrogens (tertiary/aromatic N) is 6. The highest BCUT2D eigenvalue weighted by atomic mass is 35.5. The smallest absolute Gasteiger partial charge is 0.382 e. The minimum absolute atomic E-state index is 0.0571. The van der Waals surface area contributed by atoms with Gasteiger partial charge in [0.25, 0.3) is 0 Å². The van der Waals surface area contributed by atoms with Gasteiger partial charge in [0, 0.05) is 29.6 Å². The molecule has 1 aliphatic heterocycles. The fraction of sp³-hybridized carbons (Fsp3) is 0.500. The fourth-order valence-electron chi connectivity index (χ4n) is 3.95. The van der Waals surface area contributed by atoms with E-state index in [1.807, 2.05) is 0 Å². The van der Waals surface area contributed by atoms with E-state index in [4.69, 9.17) is 11.6 Å². The maximum absolute atomic E-state index is 13.1. The van der Waals surface area contributed by atoms with Gasteiger partial charge in [0.15, 0.2) is 17.8 Å². The van der Waals surface area contributed by atoms with Crippen molar-refractivity contribution in [2.45, 2.75) is 63.4 Å². The summed E-state index contributed by atoms with van der Waals surface area (Å²) in [5, 5.41) is 23.6. The van der Waals surface area contributed by atoms with Gasteiger partial charge in [-0.15, -0.1) is 5.10 Å². The molecule has 1 amide bonds. The summed E-state index contributed by atoms with van der Waals surface area (Å²) in [4.78, 5) is 28.7. The molecule has 1 aromatic carbocycles. The topological polar surface area (TPSA) is 132 Å².